The fourth-order valence-corrected chi connectivity index (χ4v) is 4.80. The maximum Gasteiger partial charge on any atom is 0.269 e. The fourth-order valence-electron chi connectivity index (χ4n) is 4.80. The molecular weight excluding hydrogens is 397 g/mol. The number of aromatic nitrogens is 2. The van der Waals surface area contributed by atoms with Crippen LogP contribution in [0.2, 0.25) is 0 Å². The number of piperidine rings is 1. The van der Waals surface area contributed by atoms with Crippen LogP contribution in [0.25, 0.3) is 0 Å². The molecule has 2 aliphatic rings. The molecule has 2 aromatic rings. The van der Waals surface area contributed by atoms with Gasteiger partial charge in [0.2, 0.25) is 0 Å². The zero-order chi connectivity index (χ0) is 22.0. The third-order valence-electron chi connectivity index (χ3n) is 6.66. The minimum absolute atomic E-state index is 0.0399. The number of nitrogens with one attached hydrogen (secondary N) is 2. The molecule has 0 aliphatic carbocycles. The fraction of sp³-hybridized carbons (Fsp3) is 0.522. The Bertz CT molecular complexity index is 982. The highest BCUT2D eigenvalue weighted by Crippen LogP contribution is 2.31. The van der Waals surface area contributed by atoms with E-state index in [-0.39, 0.29) is 23.2 Å². The highest BCUT2D eigenvalue weighted by molar-refractivity contribution is 5.92. The summed E-state index contributed by atoms with van der Waals surface area (Å²) < 4.78 is 14.6. The Kier molecular flexibility index (Phi) is 6.36. The maximum absolute atomic E-state index is 14.6. The van der Waals surface area contributed by atoms with Gasteiger partial charge in [0.15, 0.2) is 0 Å². The lowest BCUT2D eigenvalue weighted by Gasteiger charge is -2.37. The van der Waals surface area contributed by atoms with Crippen molar-refractivity contribution in [2.24, 2.45) is 0 Å². The highest BCUT2D eigenvalue weighted by atomic mass is 19.1. The lowest BCUT2D eigenvalue weighted by atomic mass is 10.0. The predicted molar refractivity (Wildman–Crippen MR) is 118 cm³/mol. The summed E-state index contributed by atoms with van der Waals surface area (Å²) in [6.45, 7) is 5.41. The van der Waals surface area contributed by atoms with Gasteiger partial charge in [0.1, 0.15) is 11.5 Å². The van der Waals surface area contributed by atoms with Crippen LogP contribution in [0.4, 0.5) is 10.1 Å². The van der Waals surface area contributed by atoms with Crippen molar-refractivity contribution in [1.82, 2.24) is 20.2 Å². The van der Waals surface area contributed by atoms with E-state index in [1.165, 1.54) is 6.07 Å². The normalized spacial score (nSPS) is 20.2. The number of anilines is 1. The van der Waals surface area contributed by atoms with Gasteiger partial charge in [0.05, 0.1) is 17.6 Å². The highest BCUT2D eigenvalue weighted by Gasteiger charge is 2.33. The summed E-state index contributed by atoms with van der Waals surface area (Å²) in [4.78, 5) is 35.6. The molecule has 1 unspecified atom stereocenters. The zero-order valence-electron chi connectivity index (χ0n) is 18.2. The average Bonchev–Trinajstić information content (AvgIpc) is 3.30. The molecule has 1 amide bonds. The van der Waals surface area contributed by atoms with Gasteiger partial charge in [-0.1, -0.05) is 6.92 Å². The standard InChI is InChI=1S/C23H30FN5O2/c1-3-15-12-19(24)21(27-22(15)30)16-6-9-29(14-16)17-7-10-28(11-8-17)18-4-5-20(26-13-18)23(31)25-2/h4-5,12-13,16-17H,3,6-11,14H2,1-2H3,(H,25,31)(H,27,30). The van der Waals surface area contributed by atoms with Crippen LogP contribution in [0.1, 0.15) is 53.8 Å². The monoisotopic (exact) mass is 427 g/mol. The van der Waals surface area contributed by atoms with Gasteiger partial charge in [-0.15, -0.1) is 0 Å². The van der Waals surface area contributed by atoms with Crippen LogP contribution in [0, 0.1) is 5.82 Å². The van der Waals surface area contributed by atoms with E-state index in [1.807, 2.05) is 13.0 Å². The first-order valence-corrected chi connectivity index (χ1v) is 11.1. The van der Waals surface area contributed by atoms with E-state index in [2.05, 4.69) is 25.1 Å². The molecule has 166 valence electrons. The van der Waals surface area contributed by atoms with Gasteiger partial charge in [-0.2, -0.15) is 0 Å². The van der Waals surface area contributed by atoms with Crippen LogP contribution < -0.4 is 15.8 Å². The first kappa shape index (κ1) is 21.5. The molecule has 0 saturated carbocycles. The van der Waals surface area contributed by atoms with Gasteiger partial charge >= 0.3 is 0 Å². The molecule has 0 spiro atoms. The summed E-state index contributed by atoms with van der Waals surface area (Å²) in [7, 11) is 1.60. The van der Waals surface area contributed by atoms with E-state index in [0.29, 0.717) is 29.4 Å². The number of carbonyl (C=O) groups excluding carboxylic acids is 1. The average molecular weight is 428 g/mol. The second-order valence-electron chi connectivity index (χ2n) is 8.42. The van der Waals surface area contributed by atoms with Crippen molar-refractivity contribution in [3.63, 3.8) is 0 Å². The van der Waals surface area contributed by atoms with E-state index in [0.717, 1.165) is 51.1 Å². The summed E-state index contributed by atoms with van der Waals surface area (Å²) in [5.74, 6) is -0.431. The van der Waals surface area contributed by atoms with Crippen molar-refractivity contribution >= 4 is 11.6 Å². The summed E-state index contributed by atoms with van der Waals surface area (Å²) in [5, 5.41) is 2.58. The van der Waals surface area contributed by atoms with Crippen LogP contribution in [-0.2, 0) is 6.42 Å². The number of H-pyrrole nitrogens is 1. The van der Waals surface area contributed by atoms with Gasteiger partial charge in [0.25, 0.3) is 11.5 Å². The molecule has 4 rings (SSSR count). The molecule has 0 radical (unpaired) electrons. The second-order valence-corrected chi connectivity index (χ2v) is 8.42. The Hall–Kier alpha value is -2.74. The van der Waals surface area contributed by atoms with E-state index in [4.69, 9.17) is 0 Å². The molecule has 0 aromatic carbocycles. The number of rotatable bonds is 5. The molecule has 0 bridgehead atoms. The molecule has 2 N–H and O–H groups in total. The minimum Gasteiger partial charge on any atom is -0.370 e. The number of hydrogen-bond acceptors (Lipinski definition) is 5. The number of likely N-dealkylation sites (tertiary alicyclic amines) is 1. The van der Waals surface area contributed by atoms with Gasteiger partial charge in [-0.05, 0) is 50.4 Å². The Morgan fingerprint density at radius 1 is 1.26 bits per heavy atom. The smallest absolute Gasteiger partial charge is 0.269 e. The van der Waals surface area contributed by atoms with Crippen molar-refractivity contribution in [2.45, 2.75) is 44.6 Å². The zero-order valence-corrected chi connectivity index (χ0v) is 18.2. The molecular formula is C23H30FN5O2. The predicted octanol–water partition coefficient (Wildman–Crippen LogP) is 2.29. The van der Waals surface area contributed by atoms with E-state index < -0.39 is 0 Å². The van der Waals surface area contributed by atoms with Crippen LogP contribution in [0.3, 0.4) is 0 Å². The molecule has 7 nitrogen and oxygen atoms in total. The van der Waals surface area contributed by atoms with Crippen molar-refractivity contribution in [3.8, 4) is 0 Å². The first-order valence-electron chi connectivity index (χ1n) is 11.1. The van der Waals surface area contributed by atoms with E-state index >= 15 is 0 Å². The van der Waals surface area contributed by atoms with Crippen molar-refractivity contribution in [3.05, 3.63) is 57.5 Å². The SMILES string of the molecule is CCc1cc(F)c(C2CCN(C3CCN(c4ccc(C(=O)NC)nc4)CC3)C2)[nH]c1=O. The van der Waals surface area contributed by atoms with Crippen LogP contribution in [0.5, 0.6) is 0 Å². The molecule has 4 heterocycles. The Balaban J connectivity index is 1.34. The Morgan fingerprint density at radius 2 is 2.03 bits per heavy atom. The van der Waals surface area contributed by atoms with Crippen molar-refractivity contribution in [1.29, 1.82) is 0 Å². The molecule has 2 saturated heterocycles. The van der Waals surface area contributed by atoms with Crippen LogP contribution in [-0.4, -0.2) is 60.0 Å². The number of hydrogen-bond donors (Lipinski definition) is 2. The largest absolute Gasteiger partial charge is 0.370 e. The molecule has 2 aromatic heterocycles. The Morgan fingerprint density at radius 3 is 2.68 bits per heavy atom. The van der Waals surface area contributed by atoms with E-state index in [9.17, 15) is 14.0 Å². The minimum atomic E-state index is -0.286. The summed E-state index contributed by atoms with van der Waals surface area (Å²) in [6, 6.07) is 5.57. The molecule has 2 aliphatic heterocycles. The topological polar surface area (TPSA) is 81.3 Å². The van der Waals surface area contributed by atoms with Gasteiger partial charge in [-0.3, -0.25) is 14.5 Å². The summed E-state index contributed by atoms with van der Waals surface area (Å²) >= 11 is 0. The lowest BCUT2D eigenvalue weighted by molar-refractivity contribution is 0.0958. The van der Waals surface area contributed by atoms with Crippen molar-refractivity contribution < 1.29 is 9.18 Å². The number of carbonyl (C=O) groups is 1. The quantitative estimate of drug-likeness (QED) is 0.765. The maximum atomic E-state index is 14.6. The summed E-state index contributed by atoms with van der Waals surface area (Å²) in [6.07, 6.45) is 5.21. The number of pyridine rings is 2. The lowest BCUT2D eigenvalue weighted by Crippen LogP contribution is -2.44. The molecule has 31 heavy (non-hydrogen) atoms. The molecule has 2 fully saturated rings. The van der Waals surface area contributed by atoms with E-state index in [1.54, 1.807) is 19.3 Å². The van der Waals surface area contributed by atoms with Gasteiger partial charge in [-0.25, -0.2) is 9.37 Å². The Labute approximate surface area is 181 Å². The summed E-state index contributed by atoms with van der Waals surface area (Å²) in [5.41, 5.74) is 2.25. The molecule has 8 heteroatoms. The number of aromatic amines is 1. The third-order valence-corrected chi connectivity index (χ3v) is 6.66. The van der Waals surface area contributed by atoms with Crippen molar-refractivity contribution in [2.75, 3.05) is 38.1 Å². The molecule has 1 atom stereocenters. The van der Waals surface area contributed by atoms with Gasteiger partial charge < -0.3 is 15.2 Å². The second kappa shape index (κ2) is 9.18. The van der Waals surface area contributed by atoms with Gasteiger partial charge in [0, 0.05) is 44.2 Å². The van der Waals surface area contributed by atoms with Crippen LogP contribution in [0.15, 0.2) is 29.2 Å². The number of halogens is 1. The van der Waals surface area contributed by atoms with Crippen LogP contribution >= 0.6 is 0 Å². The number of amides is 1. The number of nitrogens with zero attached hydrogens (tertiary/aromatic N) is 3. The third kappa shape index (κ3) is 4.49. The first-order chi connectivity index (χ1) is 15.0. The number of aryl methyl sites for hydroxylation is 1.